The van der Waals surface area contributed by atoms with E-state index in [0.717, 1.165) is 0 Å². The van der Waals surface area contributed by atoms with Crippen LogP contribution in [0.1, 0.15) is 29.3 Å². The number of alkyl halides is 3. The fourth-order valence-corrected chi connectivity index (χ4v) is 1.88. The third kappa shape index (κ3) is 4.05. The summed E-state index contributed by atoms with van der Waals surface area (Å²) in [6.07, 6.45) is -2.92. The molecule has 0 unspecified atom stereocenters. The zero-order chi connectivity index (χ0) is 13.8. The molecule has 0 amide bonds. The fourth-order valence-electron chi connectivity index (χ4n) is 1.88. The van der Waals surface area contributed by atoms with Gasteiger partial charge in [-0.25, -0.2) is 0 Å². The van der Waals surface area contributed by atoms with Crippen LogP contribution in [0.15, 0.2) is 18.2 Å². The molecule has 18 heavy (non-hydrogen) atoms. The predicted molar refractivity (Wildman–Crippen MR) is 65.1 cm³/mol. The molecule has 0 atom stereocenters. The monoisotopic (exact) mass is 259 g/mol. The van der Waals surface area contributed by atoms with Crippen LogP contribution in [0, 0.1) is 6.92 Å². The molecule has 0 bridgehead atoms. The first kappa shape index (κ1) is 14.5. The third-order valence-corrected chi connectivity index (χ3v) is 2.56. The van der Waals surface area contributed by atoms with Crippen LogP contribution in [0.5, 0.6) is 0 Å². The van der Waals surface area contributed by atoms with Gasteiger partial charge in [0.2, 0.25) is 0 Å². The molecular weight excluding hydrogens is 243 g/mol. The molecule has 0 radical (unpaired) electrons. The van der Waals surface area contributed by atoms with E-state index in [1.807, 2.05) is 6.92 Å². The number of carbonyl (C=O) groups excluding carboxylic acids is 1. The first-order chi connectivity index (χ1) is 8.37. The molecule has 100 valence electrons. The molecule has 2 nitrogen and oxygen atoms in total. The van der Waals surface area contributed by atoms with Gasteiger partial charge in [-0.2, -0.15) is 13.2 Å². The summed E-state index contributed by atoms with van der Waals surface area (Å²) in [4.78, 5) is 11.9. The number of benzene rings is 1. The molecule has 0 aliphatic heterocycles. The van der Waals surface area contributed by atoms with Crippen molar-refractivity contribution in [2.75, 3.05) is 18.0 Å². The van der Waals surface area contributed by atoms with Crippen LogP contribution in [-0.4, -0.2) is 25.6 Å². The number of hydrogen-bond donors (Lipinski definition) is 0. The van der Waals surface area contributed by atoms with Crippen molar-refractivity contribution in [1.29, 1.82) is 0 Å². The molecule has 0 N–H and O–H groups in total. The molecule has 1 aromatic carbocycles. The smallest absolute Gasteiger partial charge is 0.362 e. The van der Waals surface area contributed by atoms with Crippen molar-refractivity contribution in [2.24, 2.45) is 0 Å². The predicted octanol–water partition coefficient (Wildman–Crippen LogP) is 3.59. The van der Waals surface area contributed by atoms with Crippen molar-refractivity contribution in [3.63, 3.8) is 0 Å². The first-order valence-electron chi connectivity index (χ1n) is 5.75. The number of nitrogens with zero attached hydrogens (tertiary/aromatic N) is 1. The Morgan fingerprint density at radius 2 is 2.00 bits per heavy atom. The highest BCUT2D eigenvalue weighted by atomic mass is 19.4. The average Bonchev–Trinajstić information content (AvgIpc) is 2.26. The Labute approximate surface area is 104 Å². The van der Waals surface area contributed by atoms with E-state index in [1.165, 1.54) is 11.0 Å². The summed E-state index contributed by atoms with van der Waals surface area (Å²) < 4.78 is 37.5. The van der Waals surface area contributed by atoms with Crippen LogP contribution in [-0.2, 0) is 0 Å². The summed E-state index contributed by atoms with van der Waals surface area (Å²) in [7, 11) is 0. The lowest BCUT2D eigenvalue weighted by Crippen LogP contribution is -2.35. The van der Waals surface area contributed by atoms with E-state index < -0.39 is 12.7 Å². The summed E-state index contributed by atoms with van der Waals surface area (Å²) in [5.74, 6) is 0. The summed E-state index contributed by atoms with van der Waals surface area (Å²) in [5.41, 5.74) is 1.68. The van der Waals surface area contributed by atoms with Crippen LogP contribution in [0.4, 0.5) is 18.9 Å². The molecule has 0 saturated carbocycles. The van der Waals surface area contributed by atoms with E-state index in [0.29, 0.717) is 36.1 Å². The first-order valence-corrected chi connectivity index (χ1v) is 5.75. The van der Waals surface area contributed by atoms with E-state index in [1.54, 1.807) is 19.1 Å². The van der Waals surface area contributed by atoms with E-state index >= 15 is 0 Å². The second-order valence-electron chi connectivity index (χ2n) is 4.20. The summed E-state index contributed by atoms with van der Waals surface area (Å²) >= 11 is 0. The van der Waals surface area contributed by atoms with E-state index in [4.69, 9.17) is 0 Å². The molecule has 1 rings (SSSR count). The van der Waals surface area contributed by atoms with Gasteiger partial charge in [-0.1, -0.05) is 6.92 Å². The Balaban J connectivity index is 3.01. The van der Waals surface area contributed by atoms with E-state index in [9.17, 15) is 18.0 Å². The molecule has 0 aliphatic rings. The molecule has 0 aliphatic carbocycles. The van der Waals surface area contributed by atoms with Gasteiger partial charge in [-0.05, 0) is 37.1 Å². The highest BCUT2D eigenvalue weighted by molar-refractivity contribution is 5.77. The lowest BCUT2D eigenvalue weighted by Gasteiger charge is -2.27. The van der Waals surface area contributed by atoms with Crippen molar-refractivity contribution in [3.8, 4) is 0 Å². The van der Waals surface area contributed by atoms with Crippen LogP contribution in [0.2, 0.25) is 0 Å². The summed E-state index contributed by atoms with van der Waals surface area (Å²) in [6, 6.07) is 4.70. The Morgan fingerprint density at radius 1 is 1.33 bits per heavy atom. The topological polar surface area (TPSA) is 20.3 Å². The van der Waals surface area contributed by atoms with Crippen LogP contribution in [0.3, 0.4) is 0 Å². The molecule has 0 heterocycles. The maximum absolute atomic E-state index is 12.5. The van der Waals surface area contributed by atoms with Gasteiger partial charge in [0.25, 0.3) is 0 Å². The molecule has 0 spiro atoms. The fraction of sp³-hybridized carbons (Fsp3) is 0.462. The number of hydrogen-bond acceptors (Lipinski definition) is 2. The maximum atomic E-state index is 12.5. The lowest BCUT2D eigenvalue weighted by molar-refractivity contribution is -0.119. The molecule has 0 saturated heterocycles. The van der Waals surface area contributed by atoms with Crippen molar-refractivity contribution < 1.29 is 18.0 Å². The van der Waals surface area contributed by atoms with Crippen molar-refractivity contribution in [3.05, 3.63) is 29.3 Å². The molecule has 5 heteroatoms. The zero-order valence-corrected chi connectivity index (χ0v) is 10.4. The lowest BCUT2D eigenvalue weighted by atomic mass is 10.1. The van der Waals surface area contributed by atoms with Gasteiger partial charge in [0.15, 0.2) is 0 Å². The number of aldehydes is 1. The van der Waals surface area contributed by atoms with Crippen molar-refractivity contribution in [2.45, 2.75) is 26.4 Å². The number of carbonyl (C=O) groups is 1. The Bertz CT molecular complexity index is 415. The molecule has 0 fully saturated rings. The van der Waals surface area contributed by atoms with Gasteiger partial charge >= 0.3 is 6.18 Å². The number of halogens is 3. The highest BCUT2D eigenvalue weighted by Gasteiger charge is 2.31. The average molecular weight is 259 g/mol. The van der Waals surface area contributed by atoms with Crippen LogP contribution >= 0.6 is 0 Å². The standard InChI is InChI=1S/C13H16F3NO/c1-3-6-17(9-13(14,15)16)12-5-4-11(8-18)7-10(12)2/h4-5,7-8H,3,6,9H2,1-2H3. The maximum Gasteiger partial charge on any atom is 0.405 e. The minimum atomic E-state index is -4.23. The Morgan fingerprint density at radius 3 is 2.44 bits per heavy atom. The summed E-state index contributed by atoms with van der Waals surface area (Å²) in [5, 5.41) is 0. The van der Waals surface area contributed by atoms with Crippen molar-refractivity contribution in [1.82, 2.24) is 0 Å². The van der Waals surface area contributed by atoms with Gasteiger partial charge in [-0.3, -0.25) is 4.79 Å². The minimum Gasteiger partial charge on any atom is -0.362 e. The second kappa shape index (κ2) is 5.89. The van der Waals surface area contributed by atoms with Crippen LogP contribution in [0.25, 0.3) is 0 Å². The molecule has 0 aromatic heterocycles. The van der Waals surface area contributed by atoms with Crippen molar-refractivity contribution >= 4 is 12.0 Å². The number of anilines is 1. The number of rotatable bonds is 5. The second-order valence-corrected chi connectivity index (χ2v) is 4.20. The van der Waals surface area contributed by atoms with Gasteiger partial charge < -0.3 is 4.90 Å². The van der Waals surface area contributed by atoms with E-state index in [2.05, 4.69) is 0 Å². The van der Waals surface area contributed by atoms with Gasteiger partial charge in [0.05, 0.1) is 0 Å². The zero-order valence-electron chi connectivity index (χ0n) is 10.4. The summed E-state index contributed by atoms with van der Waals surface area (Å²) in [6.45, 7) is 2.91. The van der Waals surface area contributed by atoms with Gasteiger partial charge in [0.1, 0.15) is 12.8 Å². The molecule has 1 aromatic rings. The number of aryl methyl sites for hydroxylation is 1. The van der Waals surface area contributed by atoms with Crippen LogP contribution < -0.4 is 4.90 Å². The molecular formula is C13H16F3NO. The normalized spacial score (nSPS) is 11.4. The quantitative estimate of drug-likeness (QED) is 0.753. The largest absolute Gasteiger partial charge is 0.405 e. The van der Waals surface area contributed by atoms with Gasteiger partial charge in [0, 0.05) is 17.8 Å². The van der Waals surface area contributed by atoms with Gasteiger partial charge in [-0.15, -0.1) is 0 Å². The minimum absolute atomic E-state index is 0.334. The Hall–Kier alpha value is -1.52. The Kier molecular flexibility index (Phi) is 4.76. The highest BCUT2D eigenvalue weighted by Crippen LogP contribution is 2.25. The third-order valence-electron chi connectivity index (χ3n) is 2.56. The SMILES string of the molecule is CCCN(CC(F)(F)F)c1ccc(C=O)cc1C. The van der Waals surface area contributed by atoms with E-state index in [-0.39, 0.29) is 0 Å².